The van der Waals surface area contributed by atoms with Crippen LogP contribution < -0.4 is 10.1 Å². The lowest BCUT2D eigenvalue weighted by molar-refractivity contribution is 0.181. The SMILES string of the molecule is CNC(Cc1ncc(C)c(OC)c1C)CC1CCOC1. The molecule has 1 aromatic rings. The van der Waals surface area contributed by atoms with Gasteiger partial charge in [0.2, 0.25) is 0 Å². The topological polar surface area (TPSA) is 43.4 Å². The first kappa shape index (κ1) is 15.3. The molecule has 1 aliphatic rings. The van der Waals surface area contributed by atoms with E-state index >= 15 is 0 Å². The smallest absolute Gasteiger partial charge is 0.128 e. The number of nitrogens with one attached hydrogen (secondary N) is 1. The predicted octanol–water partition coefficient (Wildman–Crippen LogP) is 2.26. The molecule has 1 aromatic heterocycles. The van der Waals surface area contributed by atoms with Crippen molar-refractivity contribution in [2.24, 2.45) is 5.92 Å². The Morgan fingerprint density at radius 1 is 1.50 bits per heavy atom. The third-order valence-electron chi connectivity index (χ3n) is 4.24. The lowest BCUT2D eigenvalue weighted by Crippen LogP contribution is -2.31. The van der Waals surface area contributed by atoms with Crippen LogP contribution in [0.2, 0.25) is 0 Å². The highest BCUT2D eigenvalue weighted by Crippen LogP contribution is 2.26. The van der Waals surface area contributed by atoms with Gasteiger partial charge in [-0.05, 0) is 39.7 Å². The maximum atomic E-state index is 5.48. The van der Waals surface area contributed by atoms with Gasteiger partial charge in [-0.3, -0.25) is 4.98 Å². The Kier molecular flexibility index (Phi) is 5.38. The highest BCUT2D eigenvalue weighted by atomic mass is 16.5. The summed E-state index contributed by atoms with van der Waals surface area (Å²) >= 11 is 0. The maximum absolute atomic E-state index is 5.48. The van der Waals surface area contributed by atoms with E-state index in [9.17, 15) is 0 Å². The first-order chi connectivity index (χ1) is 9.65. The standard InChI is InChI=1S/C16H26N2O2/c1-11-9-18-15(12(2)16(11)19-4)8-14(17-3)7-13-5-6-20-10-13/h9,13-14,17H,5-8,10H2,1-4H3. The van der Waals surface area contributed by atoms with Crippen LogP contribution in [0.3, 0.4) is 0 Å². The molecule has 0 amide bonds. The molecule has 2 heterocycles. The van der Waals surface area contributed by atoms with Crippen LogP contribution >= 0.6 is 0 Å². The van der Waals surface area contributed by atoms with E-state index < -0.39 is 0 Å². The van der Waals surface area contributed by atoms with Gasteiger partial charge >= 0.3 is 0 Å². The first-order valence-corrected chi connectivity index (χ1v) is 7.39. The molecule has 2 unspecified atom stereocenters. The Balaban J connectivity index is 2.06. The number of nitrogens with zero attached hydrogens (tertiary/aromatic N) is 1. The van der Waals surface area contributed by atoms with Crippen molar-refractivity contribution in [2.75, 3.05) is 27.4 Å². The highest BCUT2D eigenvalue weighted by molar-refractivity contribution is 5.41. The second-order valence-corrected chi connectivity index (χ2v) is 5.70. The molecule has 0 saturated carbocycles. The summed E-state index contributed by atoms with van der Waals surface area (Å²) in [6, 6.07) is 0.445. The van der Waals surface area contributed by atoms with Crippen LogP contribution in [0.15, 0.2) is 6.20 Å². The van der Waals surface area contributed by atoms with Crippen LogP contribution in [0.5, 0.6) is 5.75 Å². The van der Waals surface area contributed by atoms with E-state index in [-0.39, 0.29) is 0 Å². The monoisotopic (exact) mass is 278 g/mol. The predicted molar refractivity (Wildman–Crippen MR) is 80.4 cm³/mol. The zero-order chi connectivity index (χ0) is 14.5. The molecule has 1 N–H and O–H groups in total. The molecule has 0 spiro atoms. The molecule has 1 saturated heterocycles. The maximum Gasteiger partial charge on any atom is 0.128 e. The summed E-state index contributed by atoms with van der Waals surface area (Å²) in [6.45, 7) is 5.95. The van der Waals surface area contributed by atoms with Gasteiger partial charge in [0.1, 0.15) is 5.75 Å². The van der Waals surface area contributed by atoms with Crippen LogP contribution in [0, 0.1) is 19.8 Å². The van der Waals surface area contributed by atoms with Crippen molar-refractivity contribution in [1.29, 1.82) is 0 Å². The summed E-state index contributed by atoms with van der Waals surface area (Å²) in [5.74, 6) is 1.65. The molecule has 4 nitrogen and oxygen atoms in total. The van der Waals surface area contributed by atoms with Crippen molar-refractivity contribution in [3.8, 4) is 5.75 Å². The number of hydrogen-bond acceptors (Lipinski definition) is 4. The lowest BCUT2D eigenvalue weighted by atomic mass is 9.94. The van der Waals surface area contributed by atoms with E-state index in [2.05, 4.69) is 17.2 Å². The fraction of sp³-hybridized carbons (Fsp3) is 0.688. The third kappa shape index (κ3) is 3.49. The minimum atomic E-state index is 0.445. The Morgan fingerprint density at radius 2 is 2.30 bits per heavy atom. The second-order valence-electron chi connectivity index (χ2n) is 5.70. The number of aryl methyl sites for hydroxylation is 1. The van der Waals surface area contributed by atoms with Crippen molar-refractivity contribution in [3.05, 3.63) is 23.0 Å². The summed E-state index contributed by atoms with van der Waals surface area (Å²) < 4.78 is 10.9. The average Bonchev–Trinajstić information content (AvgIpc) is 2.94. The van der Waals surface area contributed by atoms with Crippen LogP contribution in [-0.2, 0) is 11.2 Å². The van der Waals surface area contributed by atoms with E-state index in [0.717, 1.165) is 48.6 Å². The second kappa shape index (κ2) is 7.04. The summed E-state index contributed by atoms with van der Waals surface area (Å²) in [4.78, 5) is 4.60. The molecule has 0 bridgehead atoms. The fourth-order valence-electron chi connectivity index (χ4n) is 2.99. The Bertz CT molecular complexity index is 442. The van der Waals surface area contributed by atoms with Gasteiger partial charge in [0.15, 0.2) is 0 Å². The molecule has 20 heavy (non-hydrogen) atoms. The van der Waals surface area contributed by atoms with Gasteiger partial charge in [-0.25, -0.2) is 0 Å². The van der Waals surface area contributed by atoms with Crippen molar-refractivity contribution in [2.45, 2.75) is 39.2 Å². The lowest BCUT2D eigenvalue weighted by Gasteiger charge is -2.21. The molecular formula is C16H26N2O2. The van der Waals surface area contributed by atoms with Gasteiger partial charge in [-0.15, -0.1) is 0 Å². The molecule has 2 rings (SSSR count). The molecule has 2 atom stereocenters. The van der Waals surface area contributed by atoms with Crippen molar-refractivity contribution in [1.82, 2.24) is 10.3 Å². The highest BCUT2D eigenvalue weighted by Gasteiger charge is 2.21. The van der Waals surface area contributed by atoms with Crippen LogP contribution in [0.1, 0.15) is 29.7 Å². The van der Waals surface area contributed by atoms with Crippen LogP contribution in [0.25, 0.3) is 0 Å². The van der Waals surface area contributed by atoms with E-state index in [1.54, 1.807) is 7.11 Å². The summed E-state index contributed by atoms with van der Waals surface area (Å²) in [5.41, 5.74) is 3.39. The van der Waals surface area contributed by atoms with Gasteiger partial charge in [0.25, 0.3) is 0 Å². The van der Waals surface area contributed by atoms with Crippen molar-refractivity contribution in [3.63, 3.8) is 0 Å². The number of rotatable bonds is 6. The summed E-state index contributed by atoms with van der Waals surface area (Å²) in [5, 5.41) is 3.42. The molecule has 0 aliphatic carbocycles. The number of methoxy groups -OCH3 is 1. The van der Waals surface area contributed by atoms with Crippen LogP contribution in [0.4, 0.5) is 0 Å². The minimum absolute atomic E-state index is 0.445. The van der Waals surface area contributed by atoms with Gasteiger partial charge in [0.05, 0.1) is 7.11 Å². The number of pyridine rings is 1. The molecule has 1 fully saturated rings. The Hall–Kier alpha value is -1.13. The number of aromatic nitrogens is 1. The van der Waals surface area contributed by atoms with Crippen LogP contribution in [-0.4, -0.2) is 38.4 Å². The van der Waals surface area contributed by atoms with E-state index in [0.29, 0.717) is 12.0 Å². The quantitative estimate of drug-likeness (QED) is 0.867. The normalized spacial score (nSPS) is 20.1. The Labute approximate surface area is 121 Å². The molecule has 0 aromatic carbocycles. The molecule has 1 aliphatic heterocycles. The molecular weight excluding hydrogens is 252 g/mol. The molecule has 112 valence electrons. The van der Waals surface area contributed by atoms with Gasteiger partial charge in [-0.1, -0.05) is 0 Å². The zero-order valence-corrected chi connectivity index (χ0v) is 13.0. The first-order valence-electron chi connectivity index (χ1n) is 7.39. The van der Waals surface area contributed by atoms with E-state index in [4.69, 9.17) is 9.47 Å². The van der Waals surface area contributed by atoms with Crippen molar-refractivity contribution >= 4 is 0 Å². The Morgan fingerprint density at radius 3 is 2.90 bits per heavy atom. The molecule has 0 radical (unpaired) electrons. The van der Waals surface area contributed by atoms with Crippen molar-refractivity contribution < 1.29 is 9.47 Å². The van der Waals surface area contributed by atoms with Gasteiger partial charge in [-0.2, -0.15) is 0 Å². The third-order valence-corrected chi connectivity index (χ3v) is 4.24. The summed E-state index contributed by atoms with van der Waals surface area (Å²) in [7, 11) is 3.76. The summed E-state index contributed by atoms with van der Waals surface area (Å²) in [6.07, 6.45) is 5.18. The average molecular weight is 278 g/mol. The van der Waals surface area contributed by atoms with Gasteiger partial charge < -0.3 is 14.8 Å². The van der Waals surface area contributed by atoms with Gasteiger partial charge in [0, 0.05) is 48.7 Å². The number of ether oxygens (including phenoxy) is 2. The largest absolute Gasteiger partial charge is 0.496 e. The minimum Gasteiger partial charge on any atom is -0.496 e. The zero-order valence-electron chi connectivity index (χ0n) is 13.0. The number of likely N-dealkylation sites (N-methyl/N-ethyl adjacent to an activating group) is 1. The van der Waals surface area contributed by atoms with E-state index in [1.165, 1.54) is 6.42 Å². The molecule has 4 heteroatoms. The fourth-order valence-corrected chi connectivity index (χ4v) is 2.99. The van der Waals surface area contributed by atoms with E-state index in [1.807, 2.05) is 20.2 Å². The number of hydrogen-bond donors (Lipinski definition) is 1.